The van der Waals surface area contributed by atoms with Crippen LogP contribution in [0, 0.1) is 6.92 Å². The highest BCUT2D eigenvalue weighted by atomic mass is 79.9. The number of hydrogen-bond donors (Lipinski definition) is 3. The molecule has 0 aliphatic rings. The van der Waals surface area contributed by atoms with E-state index in [1.54, 1.807) is 25.1 Å². The number of hydrogen-bond acceptors (Lipinski definition) is 2. The number of amides is 3. The predicted octanol–water partition coefficient (Wildman–Crippen LogP) is 1.07. The Hall–Kier alpha value is -1.56. The maximum Gasteiger partial charge on any atom is 0.330 e. The molecule has 0 atom stereocenters. The molecule has 1 aromatic carbocycles. The van der Waals surface area contributed by atoms with Crippen LogP contribution >= 0.6 is 15.9 Å². The van der Waals surface area contributed by atoms with Crippen molar-refractivity contribution in [3.63, 3.8) is 0 Å². The summed E-state index contributed by atoms with van der Waals surface area (Å²) in [6.07, 6.45) is 0. The van der Waals surface area contributed by atoms with E-state index in [0.29, 0.717) is 5.56 Å². The zero-order valence-corrected chi connectivity index (χ0v) is 9.59. The lowest BCUT2D eigenvalue weighted by atomic mass is 10.1. The van der Waals surface area contributed by atoms with Crippen molar-refractivity contribution in [2.45, 2.75) is 6.92 Å². The number of carbonyl (C=O) groups is 2. The minimum atomic E-state index is -0.807. The quantitative estimate of drug-likeness (QED) is 0.668. The Morgan fingerprint density at radius 2 is 2.00 bits per heavy atom. The molecule has 6 heteroatoms. The van der Waals surface area contributed by atoms with E-state index in [1.807, 2.05) is 5.43 Å². The van der Waals surface area contributed by atoms with Gasteiger partial charge in [-0.1, -0.05) is 15.9 Å². The van der Waals surface area contributed by atoms with Crippen LogP contribution in [0.2, 0.25) is 0 Å². The number of nitrogens with two attached hydrogens (primary N) is 1. The number of nitrogens with one attached hydrogen (secondary N) is 2. The summed E-state index contributed by atoms with van der Waals surface area (Å²) in [7, 11) is 0. The van der Waals surface area contributed by atoms with Gasteiger partial charge in [-0.25, -0.2) is 10.2 Å². The zero-order chi connectivity index (χ0) is 11.4. The van der Waals surface area contributed by atoms with E-state index < -0.39 is 11.9 Å². The highest BCUT2D eigenvalue weighted by Crippen LogP contribution is 2.15. The molecular formula is C9H10BrN3O2. The number of benzene rings is 1. The van der Waals surface area contributed by atoms with E-state index in [0.717, 1.165) is 10.0 Å². The summed E-state index contributed by atoms with van der Waals surface area (Å²) >= 11 is 3.29. The third-order valence-electron chi connectivity index (χ3n) is 1.73. The molecule has 0 radical (unpaired) electrons. The average molecular weight is 272 g/mol. The van der Waals surface area contributed by atoms with Gasteiger partial charge in [0, 0.05) is 10.0 Å². The first kappa shape index (κ1) is 11.5. The standard InChI is InChI=1S/C9H10BrN3O2/c1-5-4-6(10)2-3-7(5)8(14)12-13-9(11)15/h2-4H,1H3,(H,12,14)(H3,11,13,15). The summed E-state index contributed by atoms with van der Waals surface area (Å²) in [5.41, 5.74) is 10.3. The SMILES string of the molecule is Cc1cc(Br)ccc1C(=O)NNC(N)=O. The second kappa shape index (κ2) is 4.79. The number of hydrazine groups is 1. The van der Waals surface area contributed by atoms with Crippen molar-refractivity contribution in [1.29, 1.82) is 0 Å². The highest BCUT2D eigenvalue weighted by Gasteiger charge is 2.08. The fraction of sp³-hybridized carbons (Fsp3) is 0.111. The van der Waals surface area contributed by atoms with Crippen molar-refractivity contribution in [2.24, 2.45) is 5.73 Å². The molecule has 0 spiro atoms. The molecule has 0 fully saturated rings. The fourth-order valence-electron chi connectivity index (χ4n) is 1.07. The largest absolute Gasteiger partial charge is 0.350 e. The lowest BCUT2D eigenvalue weighted by Gasteiger charge is -2.07. The molecule has 0 saturated carbocycles. The topological polar surface area (TPSA) is 84.2 Å². The van der Waals surface area contributed by atoms with Crippen LogP contribution in [-0.2, 0) is 0 Å². The summed E-state index contributed by atoms with van der Waals surface area (Å²) in [6.45, 7) is 1.80. The van der Waals surface area contributed by atoms with Gasteiger partial charge in [0.05, 0.1) is 0 Å². The minimum absolute atomic E-state index is 0.404. The van der Waals surface area contributed by atoms with Crippen LogP contribution in [0.4, 0.5) is 4.79 Å². The summed E-state index contributed by atoms with van der Waals surface area (Å²) in [5.74, 6) is -0.404. The Balaban J connectivity index is 2.78. The number of urea groups is 1. The first-order valence-corrected chi connectivity index (χ1v) is 4.92. The lowest BCUT2D eigenvalue weighted by Crippen LogP contribution is -2.44. The summed E-state index contributed by atoms with van der Waals surface area (Å²) in [5, 5.41) is 0. The number of carbonyl (C=O) groups excluding carboxylic acids is 2. The molecule has 1 rings (SSSR count). The van der Waals surface area contributed by atoms with Gasteiger partial charge < -0.3 is 5.73 Å². The van der Waals surface area contributed by atoms with Crippen LogP contribution in [-0.4, -0.2) is 11.9 Å². The number of halogens is 1. The van der Waals surface area contributed by atoms with Crippen LogP contribution in [0.3, 0.4) is 0 Å². The predicted molar refractivity (Wildman–Crippen MR) is 59.1 cm³/mol. The summed E-state index contributed by atoms with van der Waals surface area (Å²) in [6, 6.07) is 4.39. The molecular weight excluding hydrogens is 262 g/mol. The molecule has 15 heavy (non-hydrogen) atoms. The Morgan fingerprint density at radius 1 is 1.33 bits per heavy atom. The highest BCUT2D eigenvalue weighted by molar-refractivity contribution is 9.10. The number of rotatable bonds is 1. The third-order valence-corrected chi connectivity index (χ3v) is 2.23. The fourth-order valence-corrected chi connectivity index (χ4v) is 1.54. The molecule has 0 aliphatic carbocycles. The van der Waals surface area contributed by atoms with Crippen LogP contribution in [0.25, 0.3) is 0 Å². The van der Waals surface area contributed by atoms with Crippen molar-refractivity contribution in [1.82, 2.24) is 10.9 Å². The van der Waals surface area contributed by atoms with Crippen molar-refractivity contribution in [2.75, 3.05) is 0 Å². The van der Waals surface area contributed by atoms with E-state index in [-0.39, 0.29) is 0 Å². The molecule has 0 saturated heterocycles. The number of aryl methyl sites for hydroxylation is 1. The second-order valence-corrected chi connectivity index (χ2v) is 3.82. The molecule has 3 amide bonds. The van der Waals surface area contributed by atoms with Gasteiger partial charge in [0.15, 0.2) is 0 Å². The van der Waals surface area contributed by atoms with Crippen LogP contribution in [0.5, 0.6) is 0 Å². The molecule has 80 valence electrons. The van der Waals surface area contributed by atoms with E-state index in [4.69, 9.17) is 5.73 Å². The van der Waals surface area contributed by atoms with Crippen molar-refractivity contribution in [3.8, 4) is 0 Å². The van der Waals surface area contributed by atoms with Gasteiger partial charge in [-0.15, -0.1) is 0 Å². The smallest absolute Gasteiger partial charge is 0.330 e. The Bertz CT molecular complexity index is 406. The third kappa shape index (κ3) is 3.25. The second-order valence-electron chi connectivity index (χ2n) is 2.90. The summed E-state index contributed by atoms with van der Waals surface area (Å²) in [4.78, 5) is 21.8. The zero-order valence-electron chi connectivity index (χ0n) is 8.00. The minimum Gasteiger partial charge on any atom is -0.350 e. The van der Waals surface area contributed by atoms with Crippen LogP contribution < -0.4 is 16.6 Å². The van der Waals surface area contributed by atoms with E-state index in [9.17, 15) is 9.59 Å². The van der Waals surface area contributed by atoms with E-state index in [2.05, 4.69) is 21.4 Å². The Kier molecular flexibility index (Phi) is 3.68. The van der Waals surface area contributed by atoms with Crippen LogP contribution in [0.1, 0.15) is 15.9 Å². The lowest BCUT2D eigenvalue weighted by molar-refractivity contribution is 0.0936. The van der Waals surface area contributed by atoms with Gasteiger partial charge in [0.1, 0.15) is 0 Å². The maximum atomic E-state index is 11.5. The molecule has 1 aromatic rings. The van der Waals surface area contributed by atoms with Gasteiger partial charge >= 0.3 is 6.03 Å². The molecule has 0 heterocycles. The first-order valence-electron chi connectivity index (χ1n) is 4.12. The Morgan fingerprint density at radius 3 is 2.53 bits per heavy atom. The molecule has 0 unspecified atom stereocenters. The van der Waals surface area contributed by atoms with Crippen molar-refractivity contribution >= 4 is 27.9 Å². The van der Waals surface area contributed by atoms with E-state index in [1.165, 1.54) is 0 Å². The summed E-state index contributed by atoms with van der Waals surface area (Å²) < 4.78 is 0.888. The average Bonchev–Trinajstić information content (AvgIpc) is 2.14. The van der Waals surface area contributed by atoms with Crippen molar-refractivity contribution < 1.29 is 9.59 Å². The molecule has 0 aromatic heterocycles. The molecule has 5 nitrogen and oxygen atoms in total. The van der Waals surface area contributed by atoms with Gasteiger partial charge in [-0.2, -0.15) is 0 Å². The molecule has 0 bridgehead atoms. The monoisotopic (exact) mass is 271 g/mol. The van der Waals surface area contributed by atoms with Gasteiger partial charge in [0.2, 0.25) is 0 Å². The molecule has 0 aliphatic heterocycles. The molecule has 4 N–H and O–H groups in total. The first-order chi connectivity index (χ1) is 7.00. The van der Waals surface area contributed by atoms with Gasteiger partial charge in [-0.3, -0.25) is 10.2 Å². The number of primary amides is 1. The van der Waals surface area contributed by atoms with Gasteiger partial charge in [-0.05, 0) is 30.7 Å². The maximum absolute atomic E-state index is 11.5. The van der Waals surface area contributed by atoms with E-state index >= 15 is 0 Å². The Labute approximate surface area is 95.1 Å². The van der Waals surface area contributed by atoms with Crippen molar-refractivity contribution in [3.05, 3.63) is 33.8 Å². The normalized spacial score (nSPS) is 9.47. The van der Waals surface area contributed by atoms with Crippen LogP contribution in [0.15, 0.2) is 22.7 Å². The van der Waals surface area contributed by atoms with Gasteiger partial charge in [0.25, 0.3) is 5.91 Å².